The molecule has 2 saturated heterocycles. The lowest BCUT2D eigenvalue weighted by molar-refractivity contribution is -0.126. The van der Waals surface area contributed by atoms with Gasteiger partial charge in [-0.1, -0.05) is 30.3 Å². The van der Waals surface area contributed by atoms with Gasteiger partial charge < -0.3 is 0 Å². The van der Waals surface area contributed by atoms with Crippen molar-refractivity contribution in [2.24, 2.45) is 5.92 Å². The summed E-state index contributed by atoms with van der Waals surface area (Å²) >= 11 is 0. The van der Waals surface area contributed by atoms with Crippen molar-refractivity contribution in [1.82, 2.24) is 4.90 Å². The van der Waals surface area contributed by atoms with Crippen LogP contribution in [0.1, 0.15) is 29.6 Å². The van der Waals surface area contributed by atoms with Crippen molar-refractivity contribution in [2.75, 3.05) is 7.05 Å². The number of nitrogens with zero attached hydrogens (tertiary/aromatic N) is 1. The van der Waals surface area contributed by atoms with Gasteiger partial charge in [0, 0.05) is 24.1 Å². The molecule has 0 spiro atoms. The third-order valence-electron chi connectivity index (χ3n) is 4.40. The number of hydrogen-bond donors (Lipinski definition) is 0. The van der Waals surface area contributed by atoms with Crippen LogP contribution in [0.3, 0.4) is 0 Å². The highest BCUT2D eigenvalue weighted by Crippen LogP contribution is 2.37. The maximum Gasteiger partial charge on any atom is 0.174 e. The molecule has 3 nitrogen and oxygen atoms in total. The van der Waals surface area contributed by atoms with E-state index in [0.29, 0.717) is 18.0 Å². The summed E-state index contributed by atoms with van der Waals surface area (Å²) in [6, 6.07) is 9.67. The van der Waals surface area contributed by atoms with Crippen LogP contribution in [0.5, 0.6) is 0 Å². The van der Waals surface area contributed by atoms with Crippen molar-refractivity contribution in [1.29, 1.82) is 0 Å². The van der Waals surface area contributed by atoms with E-state index < -0.39 is 5.92 Å². The monoisotopic (exact) mass is 243 g/mol. The lowest BCUT2D eigenvalue weighted by atomic mass is 9.83. The molecule has 0 aliphatic carbocycles. The van der Waals surface area contributed by atoms with Crippen LogP contribution in [-0.4, -0.2) is 35.6 Å². The largest absolute Gasteiger partial charge is 0.299 e. The highest BCUT2D eigenvalue weighted by atomic mass is 16.2. The maximum absolute atomic E-state index is 12.5. The van der Waals surface area contributed by atoms with Crippen LogP contribution in [0, 0.1) is 5.92 Å². The van der Waals surface area contributed by atoms with E-state index in [1.54, 1.807) is 12.1 Å². The molecular weight excluding hydrogens is 226 g/mol. The Morgan fingerprint density at radius 2 is 1.94 bits per heavy atom. The first kappa shape index (κ1) is 11.6. The van der Waals surface area contributed by atoms with Gasteiger partial charge in [-0.3, -0.25) is 14.5 Å². The number of fused-ring (bicyclic) bond motifs is 2. The third kappa shape index (κ3) is 1.70. The van der Waals surface area contributed by atoms with Crippen LogP contribution in [0.2, 0.25) is 0 Å². The van der Waals surface area contributed by atoms with E-state index >= 15 is 0 Å². The minimum atomic E-state index is -0.448. The standard InChI is InChI=1S/C15H17NO2/c1-16-11-7-8-12(16)14(13(17)9-11)15(18)10-5-3-2-4-6-10/h2-6,11-12,14H,7-9H2,1H3/t11-,12+,14-/m1/s1. The van der Waals surface area contributed by atoms with Gasteiger partial charge in [-0.15, -0.1) is 0 Å². The summed E-state index contributed by atoms with van der Waals surface area (Å²) in [5.41, 5.74) is 0.662. The molecule has 2 aliphatic heterocycles. The van der Waals surface area contributed by atoms with Crippen molar-refractivity contribution in [2.45, 2.75) is 31.3 Å². The number of rotatable bonds is 2. The fourth-order valence-corrected chi connectivity index (χ4v) is 3.37. The lowest BCUT2D eigenvalue weighted by Gasteiger charge is -2.35. The van der Waals surface area contributed by atoms with Crippen LogP contribution < -0.4 is 0 Å². The number of ketones is 2. The quantitative estimate of drug-likeness (QED) is 0.588. The van der Waals surface area contributed by atoms with E-state index in [1.165, 1.54) is 0 Å². The predicted molar refractivity (Wildman–Crippen MR) is 68.5 cm³/mol. The number of Topliss-reactive ketones (excluding diaryl/α,β-unsaturated/α-hetero) is 2. The smallest absolute Gasteiger partial charge is 0.174 e. The zero-order chi connectivity index (χ0) is 12.7. The second-order valence-corrected chi connectivity index (χ2v) is 5.34. The SMILES string of the molecule is CN1[C@@H]2CC[C@H]1[C@@H](C(=O)c1ccccc1)C(=O)C2. The zero-order valence-corrected chi connectivity index (χ0v) is 10.5. The first-order chi connectivity index (χ1) is 8.68. The van der Waals surface area contributed by atoms with Crippen LogP contribution in [0.15, 0.2) is 30.3 Å². The fraction of sp³-hybridized carbons (Fsp3) is 0.467. The molecule has 2 bridgehead atoms. The number of benzene rings is 1. The fourth-order valence-electron chi connectivity index (χ4n) is 3.37. The lowest BCUT2D eigenvalue weighted by Crippen LogP contribution is -2.50. The van der Waals surface area contributed by atoms with Crippen molar-refractivity contribution in [3.05, 3.63) is 35.9 Å². The molecular formula is C15H17NO2. The van der Waals surface area contributed by atoms with Crippen LogP contribution in [0.4, 0.5) is 0 Å². The Bertz CT molecular complexity index is 483. The number of hydrogen-bond acceptors (Lipinski definition) is 3. The van der Waals surface area contributed by atoms with E-state index in [4.69, 9.17) is 0 Å². The second-order valence-electron chi connectivity index (χ2n) is 5.34. The second kappa shape index (κ2) is 4.32. The molecule has 2 heterocycles. The molecule has 0 unspecified atom stereocenters. The van der Waals surface area contributed by atoms with Crippen LogP contribution in [-0.2, 0) is 4.79 Å². The Morgan fingerprint density at radius 1 is 1.22 bits per heavy atom. The summed E-state index contributed by atoms with van der Waals surface area (Å²) in [4.78, 5) is 26.9. The van der Waals surface area contributed by atoms with Crippen molar-refractivity contribution in [3.63, 3.8) is 0 Å². The van der Waals surface area contributed by atoms with E-state index in [9.17, 15) is 9.59 Å². The molecule has 1 aromatic carbocycles. The summed E-state index contributed by atoms with van der Waals surface area (Å²) in [6.07, 6.45) is 2.55. The minimum Gasteiger partial charge on any atom is -0.299 e. The number of carbonyl (C=O) groups excluding carboxylic acids is 2. The molecule has 0 saturated carbocycles. The van der Waals surface area contributed by atoms with Gasteiger partial charge >= 0.3 is 0 Å². The minimum absolute atomic E-state index is 0.00204. The highest BCUT2D eigenvalue weighted by Gasteiger charge is 2.47. The average molecular weight is 243 g/mol. The topological polar surface area (TPSA) is 37.4 Å². The first-order valence-corrected chi connectivity index (χ1v) is 6.52. The molecule has 3 rings (SSSR count). The molecule has 0 aromatic heterocycles. The molecule has 2 aliphatic rings. The number of carbonyl (C=O) groups is 2. The molecule has 2 fully saturated rings. The van der Waals surface area contributed by atoms with Gasteiger partial charge in [0.25, 0.3) is 0 Å². The van der Waals surface area contributed by atoms with E-state index in [0.717, 1.165) is 12.8 Å². The van der Waals surface area contributed by atoms with Crippen LogP contribution in [0.25, 0.3) is 0 Å². The van der Waals surface area contributed by atoms with Crippen molar-refractivity contribution in [3.8, 4) is 0 Å². The van der Waals surface area contributed by atoms with Crippen molar-refractivity contribution >= 4 is 11.6 Å². The number of piperidine rings is 1. The van der Waals surface area contributed by atoms with Gasteiger partial charge in [0.15, 0.2) is 5.78 Å². The van der Waals surface area contributed by atoms with Gasteiger partial charge in [-0.25, -0.2) is 0 Å². The Kier molecular flexibility index (Phi) is 2.78. The molecule has 0 amide bonds. The van der Waals surface area contributed by atoms with Crippen molar-refractivity contribution < 1.29 is 9.59 Å². The normalized spacial score (nSPS) is 31.6. The van der Waals surface area contributed by atoms with E-state index in [-0.39, 0.29) is 17.6 Å². The van der Waals surface area contributed by atoms with Gasteiger partial charge in [-0.05, 0) is 19.9 Å². The molecule has 3 atom stereocenters. The summed E-state index contributed by atoms with van der Waals surface area (Å²) in [7, 11) is 2.04. The Hall–Kier alpha value is -1.48. The van der Waals surface area contributed by atoms with Gasteiger partial charge in [0.2, 0.25) is 0 Å². The molecule has 0 N–H and O–H groups in total. The Balaban J connectivity index is 1.91. The first-order valence-electron chi connectivity index (χ1n) is 6.52. The van der Waals surface area contributed by atoms with Gasteiger partial charge in [-0.2, -0.15) is 0 Å². The average Bonchev–Trinajstić information content (AvgIpc) is 2.63. The van der Waals surface area contributed by atoms with E-state index in [1.807, 2.05) is 25.2 Å². The molecule has 18 heavy (non-hydrogen) atoms. The molecule has 1 aromatic rings. The van der Waals surface area contributed by atoms with Crippen LogP contribution >= 0.6 is 0 Å². The van der Waals surface area contributed by atoms with Gasteiger partial charge in [0.1, 0.15) is 5.78 Å². The highest BCUT2D eigenvalue weighted by molar-refractivity contribution is 6.11. The third-order valence-corrected chi connectivity index (χ3v) is 4.40. The summed E-state index contributed by atoms with van der Waals surface area (Å²) < 4.78 is 0. The summed E-state index contributed by atoms with van der Waals surface area (Å²) in [6.45, 7) is 0. The molecule has 0 radical (unpaired) electrons. The Morgan fingerprint density at radius 3 is 2.67 bits per heavy atom. The molecule has 3 heteroatoms. The van der Waals surface area contributed by atoms with Gasteiger partial charge in [0.05, 0.1) is 5.92 Å². The maximum atomic E-state index is 12.5. The Labute approximate surface area is 107 Å². The zero-order valence-electron chi connectivity index (χ0n) is 10.5. The predicted octanol–water partition coefficient (Wildman–Crippen LogP) is 1.92. The molecule has 94 valence electrons. The summed E-state index contributed by atoms with van der Waals surface area (Å²) in [5.74, 6) is -0.316. The van der Waals surface area contributed by atoms with E-state index in [2.05, 4.69) is 4.90 Å². The summed E-state index contributed by atoms with van der Waals surface area (Å²) in [5, 5.41) is 0.